The molecule has 2 nitrogen and oxygen atoms in total. The molecule has 0 bridgehead atoms. The van der Waals surface area contributed by atoms with E-state index in [1.807, 2.05) is 0 Å². The fourth-order valence-electron chi connectivity index (χ4n) is 3.06. The molecule has 1 aliphatic heterocycles. The van der Waals surface area contributed by atoms with Crippen LogP contribution in [-0.2, 0) is 6.54 Å². The molecule has 1 aromatic rings. The van der Waals surface area contributed by atoms with Crippen LogP contribution in [0.4, 0.5) is 0 Å². The first kappa shape index (κ1) is 13.6. The fraction of sp³-hybridized carbons (Fsp3) is 0.625. The Hall–Kier alpha value is -0.860. The molecule has 2 rings (SSSR count). The van der Waals surface area contributed by atoms with Crippen LogP contribution >= 0.6 is 0 Å². The second-order valence-electron chi connectivity index (χ2n) is 6.26. The number of aliphatic hydroxyl groups is 1. The number of likely N-dealkylation sites (tertiary alicyclic amines) is 1. The van der Waals surface area contributed by atoms with Gasteiger partial charge in [0.2, 0.25) is 0 Å². The number of aliphatic hydroxyl groups excluding tert-OH is 1. The van der Waals surface area contributed by atoms with Gasteiger partial charge in [-0.05, 0) is 57.7 Å². The average molecular weight is 247 g/mol. The van der Waals surface area contributed by atoms with Crippen molar-refractivity contribution < 1.29 is 5.11 Å². The molecule has 18 heavy (non-hydrogen) atoms. The van der Waals surface area contributed by atoms with Gasteiger partial charge in [0.25, 0.3) is 0 Å². The van der Waals surface area contributed by atoms with Gasteiger partial charge in [0.05, 0.1) is 6.10 Å². The number of benzene rings is 1. The molecule has 1 heterocycles. The van der Waals surface area contributed by atoms with E-state index in [0.717, 1.165) is 19.5 Å². The van der Waals surface area contributed by atoms with Gasteiger partial charge in [-0.3, -0.25) is 4.90 Å². The summed E-state index contributed by atoms with van der Waals surface area (Å²) in [6, 6.07) is 4.50. The molecule has 1 unspecified atom stereocenters. The third-order valence-corrected chi connectivity index (χ3v) is 4.49. The van der Waals surface area contributed by atoms with E-state index in [1.54, 1.807) is 0 Å². The molecule has 0 amide bonds. The summed E-state index contributed by atoms with van der Waals surface area (Å²) in [6.07, 6.45) is 0.681. The van der Waals surface area contributed by atoms with Gasteiger partial charge in [-0.1, -0.05) is 17.7 Å². The highest BCUT2D eigenvalue weighted by Gasteiger charge is 2.40. The molecule has 0 aliphatic carbocycles. The second kappa shape index (κ2) is 4.67. The third kappa shape index (κ3) is 2.32. The Morgan fingerprint density at radius 1 is 1.22 bits per heavy atom. The minimum Gasteiger partial charge on any atom is -0.391 e. The second-order valence-corrected chi connectivity index (χ2v) is 6.26. The Labute approximate surface area is 111 Å². The number of hydrogen-bond acceptors (Lipinski definition) is 2. The normalized spacial score (nSPS) is 23.6. The molecule has 0 saturated carbocycles. The lowest BCUT2D eigenvalue weighted by Crippen LogP contribution is -2.44. The maximum absolute atomic E-state index is 10.0. The first-order valence-electron chi connectivity index (χ1n) is 6.82. The van der Waals surface area contributed by atoms with E-state index in [9.17, 15) is 5.11 Å². The van der Waals surface area contributed by atoms with Crippen LogP contribution in [0.2, 0.25) is 0 Å². The average Bonchev–Trinajstić information content (AvgIpc) is 2.49. The monoisotopic (exact) mass is 247 g/mol. The van der Waals surface area contributed by atoms with Gasteiger partial charge in [0.15, 0.2) is 0 Å². The van der Waals surface area contributed by atoms with E-state index in [1.165, 1.54) is 22.3 Å². The molecule has 2 heteroatoms. The summed E-state index contributed by atoms with van der Waals surface area (Å²) in [7, 11) is 0. The zero-order valence-electron chi connectivity index (χ0n) is 12.2. The summed E-state index contributed by atoms with van der Waals surface area (Å²) in [4.78, 5) is 2.41. The fourth-order valence-corrected chi connectivity index (χ4v) is 3.06. The van der Waals surface area contributed by atoms with Crippen LogP contribution in [0, 0.1) is 20.8 Å². The summed E-state index contributed by atoms with van der Waals surface area (Å²) in [5.41, 5.74) is 5.37. The minimum atomic E-state index is -0.205. The lowest BCUT2D eigenvalue weighted by Gasteiger charge is -2.34. The van der Waals surface area contributed by atoms with E-state index in [4.69, 9.17) is 0 Å². The zero-order chi connectivity index (χ0) is 13.5. The van der Waals surface area contributed by atoms with Crippen LogP contribution in [-0.4, -0.2) is 28.2 Å². The van der Waals surface area contributed by atoms with Gasteiger partial charge in [0, 0.05) is 18.6 Å². The Bertz CT molecular complexity index is 427. The Balaban J connectivity index is 2.25. The predicted octanol–water partition coefficient (Wildman–Crippen LogP) is 2.96. The molecule has 1 aliphatic rings. The van der Waals surface area contributed by atoms with Crippen molar-refractivity contribution in [2.45, 2.75) is 59.2 Å². The highest BCUT2D eigenvalue weighted by molar-refractivity contribution is 5.37. The Morgan fingerprint density at radius 2 is 1.78 bits per heavy atom. The number of nitrogens with zero attached hydrogens (tertiary/aromatic N) is 1. The van der Waals surface area contributed by atoms with Crippen molar-refractivity contribution in [3.05, 3.63) is 34.4 Å². The topological polar surface area (TPSA) is 23.5 Å². The summed E-state index contributed by atoms with van der Waals surface area (Å²) in [6.45, 7) is 12.7. The molecule has 100 valence electrons. The van der Waals surface area contributed by atoms with Crippen molar-refractivity contribution in [2.75, 3.05) is 6.54 Å². The quantitative estimate of drug-likeness (QED) is 0.868. The van der Waals surface area contributed by atoms with Gasteiger partial charge < -0.3 is 5.11 Å². The summed E-state index contributed by atoms with van der Waals surface area (Å²) >= 11 is 0. The van der Waals surface area contributed by atoms with E-state index < -0.39 is 0 Å². The zero-order valence-corrected chi connectivity index (χ0v) is 12.2. The summed E-state index contributed by atoms with van der Waals surface area (Å²) in [5, 5.41) is 10.0. The van der Waals surface area contributed by atoms with E-state index >= 15 is 0 Å². The molecular formula is C16H25NO. The molecule has 1 atom stereocenters. The highest BCUT2D eigenvalue weighted by atomic mass is 16.3. The van der Waals surface area contributed by atoms with Crippen LogP contribution in [0.15, 0.2) is 12.1 Å². The van der Waals surface area contributed by atoms with Gasteiger partial charge in [0.1, 0.15) is 0 Å². The van der Waals surface area contributed by atoms with E-state index in [-0.39, 0.29) is 11.6 Å². The molecule has 0 radical (unpaired) electrons. The van der Waals surface area contributed by atoms with Crippen molar-refractivity contribution in [3.8, 4) is 0 Å². The van der Waals surface area contributed by atoms with Gasteiger partial charge in [-0.2, -0.15) is 0 Å². The number of aryl methyl sites for hydroxylation is 3. The Kier molecular flexibility index (Phi) is 3.52. The molecule has 0 aromatic heterocycles. The van der Waals surface area contributed by atoms with Crippen LogP contribution in [0.1, 0.15) is 42.5 Å². The molecule has 1 aromatic carbocycles. The molecular weight excluding hydrogens is 222 g/mol. The van der Waals surface area contributed by atoms with Gasteiger partial charge in [-0.15, -0.1) is 0 Å². The predicted molar refractivity (Wildman–Crippen MR) is 75.8 cm³/mol. The van der Waals surface area contributed by atoms with Crippen molar-refractivity contribution in [1.29, 1.82) is 0 Å². The van der Waals surface area contributed by atoms with Gasteiger partial charge in [-0.25, -0.2) is 0 Å². The van der Waals surface area contributed by atoms with E-state index in [0.29, 0.717) is 0 Å². The summed E-state index contributed by atoms with van der Waals surface area (Å²) in [5.74, 6) is 0. The molecule has 0 spiro atoms. The van der Waals surface area contributed by atoms with Crippen LogP contribution in [0.5, 0.6) is 0 Å². The standard InChI is InChI=1S/C16H25NO/c1-11-8-12(2)14(13(3)9-11)10-17-7-6-15(18)16(17,4)5/h8-9,15,18H,6-7,10H2,1-5H3. The van der Waals surface area contributed by atoms with Crippen molar-refractivity contribution in [2.24, 2.45) is 0 Å². The smallest absolute Gasteiger partial charge is 0.0730 e. The third-order valence-electron chi connectivity index (χ3n) is 4.49. The molecule has 1 fully saturated rings. The van der Waals surface area contributed by atoms with Crippen LogP contribution in [0.3, 0.4) is 0 Å². The Morgan fingerprint density at radius 3 is 2.22 bits per heavy atom. The minimum absolute atomic E-state index is 0.107. The van der Waals surface area contributed by atoms with Crippen LogP contribution < -0.4 is 0 Å². The highest BCUT2D eigenvalue weighted by Crippen LogP contribution is 2.31. The lowest BCUT2D eigenvalue weighted by molar-refractivity contribution is 0.0504. The van der Waals surface area contributed by atoms with Crippen LogP contribution in [0.25, 0.3) is 0 Å². The first-order valence-corrected chi connectivity index (χ1v) is 6.82. The van der Waals surface area contributed by atoms with E-state index in [2.05, 4.69) is 51.7 Å². The SMILES string of the molecule is Cc1cc(C)c(CN2CCC(O)C2(C)C)c(C)c1. The summed E-state index contributed by atoms with van der Waals surface area (Å²) < 4.78 is 0. The maximum Gasteiger partial charge on any atom is 0.0730 e. The number of rotatable bonds is 2. The first-order chi connectivity index (χ1) is 8.32. The lowest BCUT2D eigenvalue weighted by atomic mass is 9.95. The van der Waals surface area contributed by atoms with Crippen molar-refractivity contribution in [3.63, 3.8) is 0 Å². The molecule has 1 N–H and O–H groups in total. The largest absolute Gasteiger partial charge is 0.391 e. The van der Waals surface area contributed by atoms with Crippen molar-refractivity contribution in [1.82, 2.24) is 4.90 Å². The maximum atomic E-state index is 10.0. The van der Waals surface area contributed by atoms with Crippen molar-refractivity contribution >= 4 is 0 Å². The number of hydrogen-bond donors (Lipinski definition) is 1. The van der Waals surface area contributed by atoms with Gasteiger partial charge >= 0.3 is 0 Å². The molecule has 1 saturated heterocycles.